The van der Waals surface area contributed by atoms with Gasteiger partial charge in [0.25, 0.3) is 0 Å². The fourth-order valence-corrected chi connectivity index (χ4v) is 2.86. The third kappa shape index (κ3) is 7.09. The Morgan fingerprint density at radius 3 is 2.40 bits per heavy atom. The van der Waals surface area contributed by atoms with Gasteiger partial charge in [-0.2, -0.15) is 0 Å². The molecule has 6 heteroatoms. The van der Waals surface area contributed by atoms with E-state index in [1.54, 1.807) is 6.07 Å². The number of amides is 2. The molecule has 0 aromatic heterocycles. The number of nitrogens with one attached hydrogen (secondary N) is 1. The van der Waals surface area contributed by atoms with Crippen molar-refractivity contribution < 1.29 is 9.59 Å². The summed E-state index contributed by atoms with van der Waals surface area (Å²) >= 11 is 11.8. The molecule has 1 fully saturated rings. The Bertz CT molecular complexity index is 597. The normalized spacial score (nSPS) is 14.2. The standard InChI is InChI=1S/C11H13Cl2NO.C8H13NO/c1-11(2,6-14-7-15)8-3-4-9(12)10(13)5-8;1-2-8(10)9-6-4-3-5-7-9/h3-5,7H,6H2,1-2H3,(H,14,15);2H,1,3-7H2. The summed E-state index contributed by atoms with van der Waals surface area (Å²) in [4.78, 5) is 23.1. The smallest absolute Gasteiger partial charge is 0.245 e. The number of hydrogen-bond donors (Lipinski definition) is 1. The van der Waals surface area contributed by atoms with Crippen LogP contribution in [0.5, 0.6) is 0 Å². The summed E-state index contributed by atoms with van der Waals surface area (Å²) in [5.41, 5.74) is 0.890. The first-order valence-electron chi connectivity index (χ1n) is 8.35. The van der Waals surface area contributed by atoms with Crippen LogP contribution >= 0.6 is 23.2 Å². The van der Waals surface area contributed by atoms with E-state index in [-0.39, 0.29) is 11.3 Å². The van der Waals surface area contributed by atoms with Crippen LogP contribution in [0.25, 0.3) is 0 Å². The lowest BCUT2D eigenvalue weighted by Gasteiger charge is -2.25. The number of benzene rings is 1. The minimum Gasteiger partial charge on any atom is -0.358 e. The molecule has 1 heterocycles. The molecule has 1 saturated heterocycles. The van der Waals surface area contributed by atoms with E-state index in [1.807, 2.05) is 30.9 Å². The Kier molecular flexibility index (Phi) is 9.01. The van der Waals surface area contributed by atoms with Crippen LogP contribution < -0.4 is 5.32 Å². The summed E-state index contributed by atoms with van der Waals surface area (Å²) in [6.07, 6.45) is 5.66. The minimum atomic E-state index is -0.158. The van der Waals surface area contributed by atoms with Gasteiger partial charge in [0.1, 0.15) is 0 Å². The zero-order chi connectivity index (χ0) is 18.9. The maximum absolute atomic E-state index is 11.0. The van der Waals surface area contributed by atoms with E-state index in [1.165, 1.54) is 12.5 Å². The second-order valence-electron chi connectivity index (χ2n) is 6.60. The molecule has 4 nitrogen and oxygen atoms in total. The Balaban J connectivity index is 0.000000271. The first-order valence-corrected chi connectivity index (χ1v) is 9.11. The fraction of sp³-hybridized carbons (Fsp3) is 0.474. The van der Waals surface area contributed by atoms with E-state index < -0.39 is 0 Å². The van der Waals surface area contributed by atoms with Gasteiger partial charge < -0.3 is 10.2 Å². The van der Waals surface area contributed by atoms with Gasteiger partial charge in [-0.1, -0.05) is 49.7 Å². The van der Waals surface area contributed by atoms with Gasteiger partial charge in [0.2, 0.25) is 12.3 Å². The van der Waals surface area contributed by atoms with Crippen LogP contribution in [0.15, 0.2) is 30.9 Å². The third-order valence-electron chi connectivity index (χ3n) is 4.17. The first kappa shape index (κ1) is 21.5. The minimum absolute atomic E-state index is 0.0831. The lowest BCUT2D eigenvalue weighted by atomic mass is 9.85. The molecule has 1 aliphatic heterocycles. The van der Waals surface area contributed by atoms with Crippen LogP contribution in [0.2, 0.25) is 10.0 Å². The van der Waals surface area contributed by atoms with Crippen molar-refractivity contribution in [3.8, 4) is 0 Å². The van der Waals surface area contributed by atoms with Crippen LogP contribution in [0.1, 0.15) is 38.7 Å². The molecule has 2 rings (SSSR count). The van der Waals surface area contributed by atoms with Gasteiger partial charge in [0.05, 0.1) is 10.0 Å². The van der Waals surface area contributed by atoms with Gasteiger partial charge in [-0.3, -0.25) is 9.59 Å². The van der Waals surface area contributed by atoms with E-state index in [0.717, 1.165) is 31.5 Å². The van der Waals surface area contributed by atoms with Crippen molar-refractivity contribution in [2.75, 3.05) is 19.6 Å². The fourth-order valence-electron chi connectivity index (χ4n) is 2.56. The van der Waals surface area contributed by atoms with E-state index >= 15 is 0 Å². The number of halogens is 2. The molecule has 0 radical (unpaired) electrons. The third-order valence-corrected chi connectivity index (χ3v) is 4.91. The van der Waals surface area contributed by atoms with Gasteiger partial charge >= 0.3 is 0 Å². The lowest BCUT2D eigenvalue weighted by Crippen LogP contribution is -2.34. The van der Waals surface area contributed by atoms with Gasteiger partial charge in [-0.05, 0) is 43.0 Å². The summed E-state index contributed by atoms with van der Waals surface area (Å²) in [6.45, 7) is 9.91. The summed E-state index contributed by atoms with van der Waals surface area (Å²) in [5, 5.41) is 3.74. The van der Waals surface area contributed by atoms with Crippen molar-refractivity contribution in [1.29, 1.82) is 0 Å². The molecule has 25 heavy (non-hydrogen) atoms. The Morgan fingerprint density at radius 1 is 1.24 bits per heavy atom. The second kappa shape index (κ2) is 10.5. The maximum atomic E-state index is 11.0. The van der Waals surface area contributed by atoms with Crippen molar-refractivity contribution >= 4 is 35.5 Å². The Morgan fingerprint density at radius 2 is 1.88 bits per heavy atom. The number of likely N-dealkylation sites (tertiary alicyclic amines) is 1. The SMILES string of the molecule is C=CC(=O)N1CCCCC1.CC(C)(CNC=O)c1ccc(Cl)c(Cl)c1. The Hall–Kier alpha value is -1.52. The number of carbonyl (C=O) groups is 2. The number of carbonyl (C=O) groups excluding carboxylic acids is 2. The molecule has 138 valence electrons. The lowest BCUT2D eigenvalue weighted by molar-refractivity contribution is -0.126. The maximum Gasteiger partial charge on any atom is 0.245 e. The van der Waals surface area contributed by atoms with Gasteiger partial charge in [0.15, 0.2) is 0 Å². The summed E-state index contributed by atoms with van der Waals surface area (Å²) in [7, 11) is 0. The highest BCUT2D eigenvalue weighted by Gasteiger charge is 2.20. The van der Waals surface area contributed by atoms with Crippen LogP contribution in [-0.2, 0) is 15.0 Å². The molecule has 0 unspecified atom stereocenters. The van der Waals surface area contributed by atoms with Crippen molar-refractivity contribution in [3.63, 3.8) is 0 Å². The number of piperidine rings is 1. The van der Waals surface area contributed by atoms with E-state index in [4.69, 9.17) is 23.2 Å². The molecule has 0 aliphatic carbocycles. The molecular formula is C19H26Cl2N2O2. The highest BCUT2D eigenvalue weighted by atomic mass is 35.5. The van der Waals surface area contributed by atoms with Crippen LogP contribution in [-0.4, -0.2) is 36.9 Å². The molecule has 1 aliphatic rings. The number of nitrogens with zero attached hydrogens (tertiary/aromatic N) is 1. The average molecular weight is 385 g/mol. The van der Waals surface area contributed by atoms with Gasteiger partial charge in [0, 0.05) is 25.0 Å². The van der Waals surface area contributed by atoms with Crippen molar-refractivity contribution in [2.45, 2.75) is 38.5 Å². The highest BCUT2D eigenvalue weighted by molar-refractivity contribution is 6.42. The number of rotatable bonds is 5. The molecular weight excluding hydrogens is 359 g/mol. The monoisotopic (exact) mass is 384 g/mol. The van der Waals surface area contributed by atoms with Crippen LogP contribution in [0.3, 0.4) is 0 Å². The van der Waals surface area contributed by atoms with Crippen molar-refractivity contribution in [3.05, 3.63) is 46.5 Å². The summed E-state index contributed by atoms with van der Waals surface area (Å²) in [6, 6.07) is 5.51. The van der Waals surface area contributed by atoms with E-state index in [0.29, 0.717) is 23.0 Å². The van der Waals surface area contributed by atoms with Gasteiger partial charge in [-0.15, -0.1) is 0 Å². The quantitative estimate of drug-likeness (QED) is 0.610. The van der Waals surface area contributed by atoms with Crippen LogP contribution in [0, 0.1) is 0 Å². The molecule has 2 amide bonds. The van der Waals surface area contributed by atoms with Crippen molar-refractivity contribution in [1.82, 2.24) is 10.2 Å². The molecule has 0 spiro atoms. The predicted octanol–water partition coefficient (Wildman–Crippen LogP) is 4.20. The van der Waals surface area contributed by atoms with E-state index in [2.05, 4.69) is 11.9 Å². The van der Waals surface area contributed by atoms with Crippen molar-refractivity contribution in [2.24, 2.45) is 0 Å². The zero-order valence-electron chi connectivity index (χ0n) is 14.9. The van der Waals surface area contributed by atoms with Gasteiger partial charge in [-0.25, -0.2) is 0 Å². The van der Waals surface area contributed by atoms with Crippen LogP contribution in [0.4, 0.5) is 0 Å². The molecule has 1 N–H and O–H groups in total. The van der Waals surface area contributed by atoms with E-state index in [9.17, 15) is 9.59 Å². The topological polar surface area (TPSA) is 49.4 Å². The molecule has 0 saturated carbocycles. The largest absolute Gasteiger partial charge is 0.358 e. The molecule has 1 aromatic carbocycles. The first-order chi connectivity index (χ1) is 11.8. The molecule has 0 bridgehead atoms. The average Bonchev–Trinajstić information content (AvgIpc) is 2.62. The molecule has 0 atom stereocenters. The summed E-state index contributed by atoms with van der Waals surface area (Å²) in [5.74, 6) is 0.0831. The summed E-state index contributed by atoms with van der Waals surface area (Å²) < 4.78 is 0. The zero-order valence-corrected chi connectivity index (χ0v) is 16.4. The number of hydrogen-bond acceptors (Lipinski definition) is 2. The second-order valence-corrected chi connectivity index (χ2v) is 7.42. The molecule has 1 aromatic rings. The predicted molar refractivity (Wildman–Crippen MR) is 104 cm³/mol. The Labute approximate surface area is 160 Å². The highest BCUT2D eigenvalue weighted by Crippen LogP contribution is 2.29.